The predicted molar refractivity (Wildman–Crippen MR) is 99.6 cm³/mol. The molecule has 2 aromatic rings. The fraction of sp³-hybridized carbons (Fsp3) is 0.526. The molecule has 140 valence electrons. The monoisotopic (exact) mass is 359 g/mol. The third-order valence-electron chi connectivity index (χ3n) is 5.14. The van der Waals surface area contributed by atoms with Gasteiger partial charge in [-0.25, -0.2) is 9.59 Å². The van der Waals surface area contributed by atoms with E-state index < -0.39 is 11.7 Å². The molecule has 1 aliphatic heterocycles. The number of rotatable bonds is 5. The first-order valence-electron chi connectivity index (χ1n) is 9.07. The molecule has 0 spiro atoms. The second-order valence-electron chi connectivity index (χ2n) is 7.02. The Balaban J connectivity index is 1.75. The fourth-order valence-corrected chi connectivity index (χ4v) is 3.44. The van der Waals surface area contributed by atoms with E-state index in [0.29, 0.717) is 23.0 Å². The quantitative estimate of drug-likeness (QED) is 0.820. The van der Waals surface area contributed by atoms with Crippen LogP contribution in [0.15, 0.2) is 27.8 Å². The van der Waals surface area contributed by atoms with Crippen molar-refractivity contribution in [2.24, 2.45) is 5.92 Å². The number of nitrogens with zero attached hydrogens (tertiary/aromatic N) is 2. The van der Waals surface area contributed by atoms with Crippen molar-refractivity contribution < 1.29 is 9.53 Å². The first-order valence-corrected chi connectivity index (χ1v) is 9.07. The third kappa shape index (κ3) is 3.88. The van der Waals surface area contributed by atoms with Crippen LogP contribution in [0, 0.1) is 5.92 Å². The molecule has 0 aliphatic carbocycles. The molecule has 1 aliphatic rings. The topological polar surface area (TPSA) is 84.4 Å². The van der Waals surface area contributed by atoms with E-state index in [0.717, 1.165) is 32.0 Å². The van der Waals surface area contributed by atoms with E-state index >= 15 is 0 Å². The Hall–Kier alpha value is -2.41. The van der Waals surface area contributed by atoms with Crippen molar-refractivity contribution in [1.82, 2.24) is 14.5 Å². The number of piperidine rings is 1. The molecule has 0 amide bonds. The van der Waals surface area contributed by atoms with E-state index in [1.807, 2.05) is 0 Å². The summed E-state index contributed by atoms with van der Waals surface area (Å²) in [6.45, 7) is 5.71. The van der Waals surface area contributed by atoms with Gasteiger partial charge >= 0.3 is 11.7 Å². The molecule has 1 aromatic carbocycles. The number of fused-ring (bicyclic) bond motifs is 1. The Morgan fingerprint density at radius 1 is 1.23 bits per heavy atom. The van der Waals surface area contributed by atoms with Crippen LogP contribution in [-0.2, 0) is 11.3 Å². The van der Waals surface area contributed by atoms with Gasteiger partial charge in [-0.05, 0) is 63.0 Å². The number of aromatic amines is 1. The summed E-state index contributed by atoms with van der Waals surface area (Å²) in [5, 5.41) is 0.393. The highest BCUT2D eigenvalue weighted by Gasteiger charge is 2.16. The van der Waals surface area contributed by atoms with Crippen LogP contribution in [0.1, 0.15) is 36.5 Å². The van der Waals surface area contributed by atoms with Gasteiger partial charge in [0.15, 0.2) is 0 Å². The summed E-state index contributed by atoms with van der Waals surface area (Å²) in [4.78, 5) is 41.6. The van der Waals surface area contributed by atoms with Crippen LogP contribution in [0.3, 0.4) is 0 Å². The minimum Gasteiger partial charge on any atom is -0.465 e. The van der Waals surface area contributed by atoms with E-state index in [4.69, 9.17) is 0 Å². The number of carbonyl (C=O) groups excluding carboxylic acids is 1. The van der Waals surface area contributed by atoms with E-state index in [1.165, 1.54) is 36.7 Å². The Kier molecular flexibility index (Phi) is 5.56. The van der Waals surface area contributed by atoms with Gasteiger partial charge in [-0.2, -0.15) is 0 Å². The van der Waals surface area contributed by atoms with E-state index in [9.17, 15) is 14.4 Å². The second kappa shape index (κ2) is 7.86. The number of likely N-dealkylation sites (tertiary alicyclic amines) is 1. The van der Waals surface area contributed by atoms with Crippen LogP contribution in [0.5, 0.6) is 0 Å². The van der Waals surface area contributed by atoms with E-state index in [1.54, 1.807) is 6.07 Å². The van der Waals surface area contributed by atoms with Crippen molar-refractivity contribution in [3.8, 4) is 0 Å². The van der Waals surface area contributed by atoms with Gasteiger partial charge in [-0.1, -0.05) is 6.92 Å². The Morgan fingerprint density at radius 3 is 2.65 bits per heavy atom. The third-order valence-corrected chi connectivity index (χ3v) is 5.14. The lowest BCUT2D eigenvalue weighted by Crippen LogP contribution is -2.37. The highest BCUT2D eigenvalue weighted by atomic mass is 16.5. The predicted octanol–water partition coefficient (Wildman–Crippen LogP) is 1.60. The Bertz CT molecular complexity index is 907. The van der Waals surface area contributed by atoms with E-state index in [2.05, 4.69) is 21.5 Å². The molecule has 3 rings (SSSR count). The van der Waals surface area contributed by atoms with Crippen LogP contribution >= 0.6 is 0 Å². The molecule has 0 atom stereocenters. The lowest BCUT2D eigenvalue weighted by Gasteiger charge is -2.30. The molecule has 0 bridgehead atoms. The summed E-state index contributed by atoms with van der Waals surface area (Å²) in [5.41, 5.74) is -0.125. The van der Waals surface area contributed by atoms with Crippen molar-refractivity contribution in [2.45, 2.75) is 32.7 Å². The number of hydrogen-bond donors (Lipinski definition) is 1. The highest BCUT2D eigenvalue weighted by molar-refractivity contribution is 5.93. The maximum absolute atomic E-state index is 12.6. The molecule has 1 aromatic heterocycles. The molecular formula is C19H25N3O4. The van der Waals surface area contributed by atoms with Crippen molar-refractivity contribution in [2.75, 3.05) is 26.7 Å². The number of methoxy groups -OCH3 is 1. The molecule has 0 unspecified atom stereocenters. The van der Waals surface area contributed by atoms with Gasteiger partial charge in [0.05, 0.1) is 23.6 Å². The Labute approximate surface area is 151 Å². The van der Waals surface area contributed by atoms with Crippen molar-refractivity contribution >= 4 is 16.9 Å². The first kappa shape index (κ1) is 18.4. The normalized spacial score (nSPS) is 16.1. The van der Waals surface area contributed by atoms with Crippen molar-refractivity contribution in [1.29, 1.82) is 0 Å². The molecule has 1 N–H and O–H groups in total. The summed E-state index contributed by atoms with van der Waals surface area (Å²) in [6.07, 6.45) is 3.17. The van der Waals surface area contributed by atoms with Gasteiger partial charge in [0.25, 0.3) is 5.56 Å². The molecule has 26 heavy (non-hydrogen) atoms. The van der Waals surface area contributed by atoms with Gasteiger partial charge in [0, 0.05) is 6.54 Å². The summed E-state index contributed by atoms with van der Waals surface area (Å²) < 4.78 is 5.91. The van der Waals surface area contributed by atoms with Crippen LogP contribution in [0.2, 0.25) is 0 Å². The minimum absolute atomic E-state index is 0.298. The molecular weight excluding hydrogens is 334 g/mol. The molecule has 1 fully saturated rings. The standard InChI is InChI=1S/C19H25N3O4/c1-13-6-10-21(11-7-13)8-3-9-22-17(23)15-5-4-14(18(24)26-2)12-16(15)20-19(22)25/h4-5,12-13H,3,6-11H2,1-2H3,(H,20,25). The van der Waals surface area contributed by atoms with Crippen LogP contribution < -0.4 is 11.2 Å². The number of nitrogens with one attached hydrogen (secondary N) is 1. The molecule has 0 radical (unpaired) electrons. The summed E-state index contributed by atoms with van der Waals surface area (Å²) in [5.74, 6) is 0.278. The highest BCUT2D eigenvalue weighted by Crippen LogP contribution is 2.16. The maximum atomic E-state index is 12.6. The largest absolute Gasteiger partial charge is 0.465 e. The van der Waals surface area contributed by atoms with Crippen LogP contribution in [-0.4, -0.2) is 47.2 Å². The zero-order valence-corrected chi connectivity index (χ0v) is 15.3. The first-order chi connectivity index (χ1) is 12.5. The molecule has 0 saturated carbocycles. The molecule has 7 heteroatoms. The Morgan fingerprint density at radius 2 is 1.96 bits per heavy atom. The number of esters is 1. The molecule has 1 saturated heterocycles. The lowest BCUT2D eigenvalue weighted by atomic mass is 9.99. The second-order valence-corrected chi connectivity index (χ2v) is 7.02. The van der Waals surface area contributed by atoms with Gasteiger partial charge in [0.2, 0.25) is 0 Å². The summed E-state index contributed by atoms with van der Waals surface area (Å²) >= 11 is 0. The number of hydrogen-bond acceptors (Lipinski definition) is 5. The average Bonchev–Trinajstić information content (AvgIpc) is 2.64. The number of ether oxygens (including phenoxy) is 1. The summed E-state index contributed by atoms with van der Waals surface area (Å²) in [6, 6.07) is 4.57. The number of H-pyrrole nitrogens is 1. The minimum atomic E-state index is -0.507. The van der Waals surface area contributed by atoms with Crippen LogP contribution in [0.4, 0.5) is 0 Å². The van der Waals surface area contributed by atoms with Crippen molar-refractivity contribution in [3.05, 3.63) is 44.6 Å². The van der Waals surface area contributed by atoms with Crippen molar-refractivity contribution in [3.63, 3.8) is 0 Å². The zero-order valence-electron chi connectivity index (χ0n) is 15.3. The van der Waals surface area contributed by atoms with E-state index in [-0.39, 0.29) is 5.56 Å². The van der Waals surface area contributed by atoms with Gasteiger partial charge in [-0.3, -0.25) is 9.36 Å². The van der Waals surface area contributed by atoms with Gasteiger partial charge in [-0.15, -0.1) is 0 Å². The number of benzene rings is 1. The number of carbonyl (C=O) groups is 1. The van der Waals surface area contributed by atoms with Gasteiger partial charge < -0.3 is 14.6 Å². The zero-order chi connectivity index (χ0) is 18.7. The summed E-state index contributed by atoms with van der Waals surface area (Å²) in [7, 11) is 1.29. The van der Waals surface area contributed by atoms with Gasteiger partial charge in [0.1, 0.15) is 0 Å². The average molecular weight is 359 g/mol. The SMILES string of the molecule is COC(=O)c1ccc2c(=O)n(CCCN3CCC(C)CC3)c(=O)[nH]c2c1. The lowest BCUT2D eigenvalue weighted by molar-refractivity contribution is 0.0601. The number of aromatic nitrogens is 2. The smallest absolute Gasteiger partial charge is 0.337 e. The van der Waals surface area contributed by atoms with Crippen LogP contribution in [0.25, 0.3) is 10.9 Å². The molecule has 2 heterocycles. The maximum Gasteiger partial charge on any atom is 0.337 e. The molecule has 7 nitrogen and oxygen atoms in total. The fourth-order valence-electron chi connectivity index (χ4n) is 3.44.